The summed E-state index contributed by atoms with van der Waals surface area (Å²) >= 11 is 0. The smallest absolute Gasteiger partial charge is 0.168 e. The number of fused-ring (bicyclic) bond motifs is 2. The SMILES string of the molecule is CC(C)COc1ccc2cc3ccccc3cc2c1OCC(C)C. The Kier molecular flexibility index (Phi) is 4.94. The molecule has 0 spiro atoms. The van der Waals surface area contributed by atoms with Gasteiger partial charge in [-0.15, -0.1) is 0 Å². The van der Waals surface area contributed by atoms with Crippen LogP contribution in [0.2, 0.25) is 0 Å². The van der Waals surface area contributed by atoms with Crippen LogP contribution in [0.15, 0.2) is 48.5 Å². The Morgan fingerprint density at radius 2 is 1.33 bits per heavy atom. The van der Waals surface area contributed by atoms with Gasteiger partial charge < -0.3 is 9.47 Å². The van der Waals surface area contributed by atoms with Crippen molar-refractivity contribution in [2.24, 2.45) is 11.8 Å². The molecule has 2 nitrogen and oxygen atoms in total. The van der Waals surface area contributed by atoms with Gasteiger partial charge in [-0.2, -0.15) is 0 Å². The van der Waals surface area contributed by atoms with Crippen LogP contribution in [0.3, 0.4) is 0 Å². The highest BCUT2D eigenvalue weighted by Gasteiger charge is 2.13. The third kappa shape index (κ3) is 3.64. The molecule has 0 aliphatic rings. The summed E-state index contributed by atoms with van der Waals surface area (Å²) in [5, 5.41) is 4.77. The van der Waals surface area contributed by atoms with Gasteiger partial charge in [0.15, 0.2) is 11.5 Å². The number of hydrogen-bond donors (Lipinski definition) is 0. The summed E-state index contributed by atoms with van der Waals surface area (Å²) in [6, 6.07) is 17.0. The molecule has 0 N–H and O–H groups in total. The van der Waals surface area contributed by atoms with Crippen LogP contribution in [0, 0.1) is 11.8 Å². The molecule has 0 amide bonds. The highest BCUT2D eigenvalue weighted by atomic mass is 16.5. The molecule has 0 bridgehead atoms. The van der Waals surface area contributed by atoms with Gasteiger partial charge in [-0.05, 0) is 46.2 Å². The third-order valence-electron chi connectivity index (χ3n) is 3.93. The molecule has 126 valence electrons. The Morgan fingerprint density at radius 3 is 2.00 bits per heavy atom. The van der Waals surface area contributed by atoms with E-state index < -0.39 is 0 Å². The van der Waals surface area contributed by atoms with Crippen LogP contribution in [0.4, 0.5) is 0 Å². The molecular weight excluding hydrogens is 296 g/mol. The second-order valence-corrected chi connectivity index (χ2v) is 7.22. The van der Waals surface area contributed by atoms with Gasteiger partial charge in [0.25, 0.3) is 0 Å². The second kappa shape index (κ2) is 7.12. The fourth-order valence-electron chi connectivity index (χ4n) is 2.74. The first-order valence-corrected chi connectivity index (χ1v) is 8.75. The molecule has 0 saturated carbocycles. The molecule has 3 aromatic carbocycles. The van der Waals surface area contributed by atoms with Crippen LogP contribution in [0.5, 0.6) is 11.5 Å². The Hall–Kier alpha value is -2.22. The van der Waals surface area contributed by atoms with Crippen LogP contribution in [-0.2, 0) is 0 Å². The van der Waals surface area contributed by atoms with E-state index >= 15 is 0 Å². The van der Waals surface area contributed by atoms with Crippen molar-refractivity contribution in [2.75, 3.05) is 13.2 Å². The molecule has 0 atom stereocenters. The van der Waals surface area contributed by atoms with E-state index in [0.717, 1.165) is 16.9 Å². The average molecular weight is 322 g/mol. The molecule has 0 aliphatic carbocycles. The zero-order valence-electron chi connectivity index (χ0n) is 15.0. The van der Waals surface area contributed by atoms with Gasteiger partial charge in [-0.1, -0.05) is 58.0 Å². The number of hydrogen-bond acceptors (Lipinski definition) is 2. The summed E-state index contributed by atoms with van der Waals surface area (Å²) in [5.41, 5.74) is 0. The maximum absolute atomic E-state index is 6.17. The normalized spacial score (nSPS) is 11.6. The Bertz CT molecular complexity index is 834. The Balaban J connectivity index is 2.11. The second-order valence-electron chi connectivity index (χ2n) is 7.22. The van der Waals surface area contributed by atoms with Crippen LogP contribution < -0.4 is 9.47 Å². The van der Waals surface area contributed by atoms with E-state index in [2.05, 4.69) is 70.2 Å². The minimum atomic E-state index is 0.471. The fraction of sp³-hybridized carbons (Fsp3) is 0.364. The number of benzene rings is 3. The summed E-state index contributed by atoms with van der Waals surface area (Å²) in [5.74, 6) is 2.66. The van der Waals surface area contributed by atoms with Crippen molar-refractivity contribution in [1.82, 2.24) is 0 Å². The maximum Gasteiger partial charge on any atom is 0.168 e. The van der Waals surface area contributed by atoms with Crippen molar-refractivity contribution in [3.05, 3.63) is 48.5 Å². The summed E-state index contributed by atoms with van der Waals surface area (Å²) in [4.78, 5) is 0. The molecule has 0 radical (unpaired) electrons. The number of ether oxygens (including phenoxy) is 2. The van der Waals surface area contributed by atoms with Crippen LogP contribution in [-0.4, -0.2) is 13.2 Å². The molecular formula is C22H26O2. The van der Waals surface area contributed by atoms with Crippen molar-refractivity contribution >= 4 is 21.5 Å². The van der Waals surface area contributed by atoms with Crippen LogP contribution in [0.1, 0.15) is 27.7 Å². The summed E-state index contributed by atoms with van der Waals surface area (Å²) < 4.78 is 12.2. The van der Waals surface area contributed by atoms with Gasteiger partial charge in [0.2, 0.25) is 0 Å². The summed E-state index contributed by atoms with van der Waals surface area (Å²) in [6.45, 7) is 10.0. The van der Waals surface area contributed by atoms with Crippen LogP contribution in [0.25, 0.3) is 21.5 Å². The molecule has 0 aliphatic heterocycles. The molecule has 0 saturated heterocycles. The van der Waals surface area contributed by atoms with E-state index in [9.17, 15) is 0 Å². The highest BCUT2D eigenvalue weighted by molar-refractivity contribution is 6.01. The van der Waals surface area contributed by atoms with Gasteiger partial charge in [0.05, 0.1) is 13.2 Å². The van der Waals surface area contributed by atoms with Crippen molar-refractivity contribution < 1.29 is 9.47 Å². The lowest BCUT2D eigenvalue weighted by Gasteiger charge is -2.18. The number of rotatable bonds is 6. The molecule has 24 heavy (non-hydrogen) atoms. The quantitative estimate of drug-likeness (QED) is 0.513. The molecule has 3 rings (SSSR count). The van der Waals surface area contributed by atoms with E-state index in [0.29, 0.717) is 25.0 Å². The first-order chi connectivity index (χ1) is 11.5. The minimum Gasteiger partial charge on any atom is -0.489 e. The van der Waals surface area contributed by atoms with Crippen molar-refractivity contribution in [3.8, 4) is 11.5 Å². The van der Waals surface area contributed by atoms with Crippen LogP contribution >= 0.6 is 0 Å². The molecule has 3 aromatic rings. The zero-order valence-corrected chi connectivity index (χ0v) is 15.0. The minimum absolute atomic E-state index is 0.471. The van der Waals surface area contributed by atoms with Gasteiger partial charge in [0.1, 0.15) is 0 Å². The monoisotopic (exact) mass is 322 g/mol. The van der Waals surface area contributed by atoms with Crippen molar-refractivity contribution in [3.63, 3.8) is 0 Å². The maximum atomic E-state index is 6.17. The summed E-state index contributed by atoms with van der Waals surface area (Å²) in [7, 11) is 0. The van der Waals surface area contributed by atoms with E-state index in [-0.39, 0.29) is 0 Å². The van der Waals surface area contributed by atoms with Gasteiger partial charge >= 0.3 is 0 Å². The fourth-order valence-corrected chi connectivity index (χ4v) is 2.74. The predicted octanol–water partition coefficient (Wildman–Crippen LogP) is 6.06. The first-order valence-electron chi connectivity index (χ1n) is 8.75. The lowest BCUT2D eigenvalue weighted by molar-refractivity contribution is 0.231. The molecule has 0 unspecified atom stereocenters. The lowest BCUT2D eigenvalue weighted by Crippen LogP contribution is -2.09. The van der Waals surface area contributed by atoms with E-state index in [1.54, 1.807) is 0 Å². The summed E-state index contributed by atoms with van der Waals surface area (Å²) in [6.07, 6.45) is 0. The highest BCUT2D eigenvalue weighted by Crippen LogP contribution is 2.38. The van der Waals surface area contributed by atoms with Gasteiger partial charge in [-0.3, -0.25) is 0 Å². The zero-order chi connectivity index (χ0) is 17.1. The third-order valence-corrected chi connectivity index (χ3v) is 3.93. The Labute approximate surface area is 144 Å². The lowest BCUT2D eigenvalue weighted by atomic mass is 10.0. The van der Waals surface area contributed by atoms with Crippen molar-refractivity contribution in [1.29, 1.82) is 0 Å². The average Bonchev–Trinajstić information content (AvgIpc) is 2.56. The largest absolute Gasteiger partial charge is 0.489 e. The van der Waals surface area contributed by atoms with E-state index in [1.807, 2.05) is 6.07 Å². The van der Waals surface area contributed by atoms with E-state index in [4.69, 9.17) is 9.47 Å². The molecule has 0 fully saturated rings. The molecule has 2 heteroatoms. The standard InChI is InChI=1S/C22H26O2/c1-15(2)13-23-21-10-9-19-11-17-7-5-6-8-18(17)12-20(19)22(21)24-14-16(3)4/h5-12,15-16H,13-14H2,1-4H3. The van der Waals surface area contributed by atoms with E-state index in [1.165, 1.54) is 16.2 Å². The van der Waals surface area contributed by atoms with Gasteiger partial charge in [0, 0.05) is 5.39 Å². The molecule has 0 aromatic heterocycles. The van der Waals surface area contributed by atoms with Crippen molar-refractivity contribution in [2.45, 2.75) is 27.7 Å². The topological polar surface area (TPSA) is 18.5 Å². The van der Waals surface area contributed by atoms with Gasteiger partial charge in [-0.25, -0.2) is 0 Å². The predicted molar refractivity (Wildman–Crippen MR) is 102 cm³/mol. The first kappa shape index (κ1) is 16.6. The molecule has 0 heterocycles. The Morgan fingerprint density at radius 1 is 0.708 bits per heavy atom.